The monoisotopic (exact) mass is 440 g/mol. The Kier molecular flexibility index (Phi) is 5.32. The van der Waals surface area contributed by atoms with Crippen LogP contribution in [0.4, 0.5) is 5.69 Å². The van der Waals surface area contributed by atoms with Crippen LogP contribution in [0.2, 0.25) is 0 Å². The highest BCUT2D eigenvalue weighted by atomic mass is 127. The van der Waals surface area contributed by atoms with Crippen molar-refractivity contribution in [2.45, 2.75) is 5.75 Å². The fraction of sp³-hybridized carbons (Fsp3) is 0.125. The van der Waals surface area contributed by atoms with Crippen molar-refractivity contribution in [3.05, 3.63) is 57.1 Å². The Hall–Kier alpha value is -1.12. The fourth-order valence-corrected chi connectivity index (χ4v) is 4.15. The van der Waals surface area contributed by atoms with E-state index in [1.807, 2.05) is 42.5 Å². The Morgan fingerprint density at radius 3 is 2.73 bits per heavy atom. The number of hydrogen-bond donors (Lipinski definition) is 1. The van der Waals surface area contributed by atoms with Gasteiger partial charge in [0.1, 0.15) is 5.01 Å². The van der Waals surface area contributed by atoms with Gasteiger partial charge >= 0.3 is 0 Å². The van der Waals surface area contributed by atoms with Gasteiger partial charge in [-0.2, -0.15) is 0 Å². The molecule has 0 unspecified atom stereocenters. The zero-order chi connectivity index (χ0) is 15.4. The van der Waals surface area contributed by atoms with Gasteiger partial charge in [-0.15, -0.1) is 23.1 Å². The molecule has 2 aromatic carbocycles. The van der Waals surface area contributed by atoms with Crippen molar-refractivity contribution in [1.29, 1.82) is 0 Å². The van der Waals surface area contributed by atoms with Crippen LogP contribution in [0.1, 0.15) is 5.01 Å². The van der Waals surface area contributed by atoms with Crippen LogP contribution >= 0.6 is 45.7 Å². The van der Waals surface area contributed by atoms with Crippen molar-refractivity contribution < 1.29 is 4.79 Å². The molecule has 0 aliphatic heterocycles. The fourth-order valence-electron chi connectivity index (χ4n) is 1.94. The molecule has 0 bridgehead atoms. The molecule has 22 heavy (non-hydrogen) atoms. The molecule has 1 amide bonds. The number of thioether (sulfide) groups is 1. The molecule has 1 N–H and O–H groups in total. The molecule has 0 fully saturated rings. The lowest BCUT2D eigenvalue weighted by molar-refractivity contribution is -0.113. The summed E-state index contributed by atoms with van der Waals surface area (Å²) in [6.45, 7) is 0. The predicted octanol–water partition coefficient (Wildman–Crippen LogP) is 4.77. The Balaban J connectivity index is 1.49. The number of anilines is 1. The van der Waals surface area contributed by atoms with Gasteiger partial charge in [-0.25, -0.2) is 4.98 Å². The van der Waals surface area contributed by atoms with E-state index >= 15 is 0 Å². The summed E-state index contributed by atoms with van der Waals surface area (Å²) in [5, 5.41) is 3.97. The topological polar surface area (TPSA) is 42.0 Å². The summed E-state index contributed by atoms with van der Waals surface area (Å²) in [5.74, 6) is 1.22. The Bertz CT molecular complexity index is 753. The van der Waals surface area contributed by atoms with Crippen molar-refractivity contribution in [2.75, 3.05) is 11.1 Å². The van der Waals surface area contributed by atoms with E-state index in [9.17, 15) is 4.79 Å². The van der Waals surface area contributed by atoms with Gasteiger partial charge in [-0.1, -0.05) is 12.1 Å². The molecule has 0 spiro atoms. The van der Waals surface area contributed by atoms with Gasteiger partial charge in [0.2, 0.25) is 5.91 Å². The molecule has 1 heterocycles. The average molecular weight is 440 g/mol. The van der Waals surface area contributed by atoms with Crippen LogP contribution < -0.4 is 5.32 Å². The van der Waals surface area contributed by atoms with Crippen LogP contribution in [0.15, 0.2) is 48.5 Å². The van der Waals surface area contributed by atoms with Crippen LogP contribution in [0, 0.1) is 3.57 Å². The second-order valence-electron chi connectivity index (χ2n) is 4.62. The third-order valence-electron chi connectivity index (χ3n) is 2.92. The first-order chi connectivity index (χ1) is 10.7. The number of benzene rings is 2. The van der Waals surface area contributed by atoms with E-state index in [1.165, 1.54) is 4.70 Å². The number of nitrogens with zero attached hydrogens (tertiary/aromatic N) is 1. The molecule has 3 nitrogen and oxygen atoms in total. The summed E-state index contributed by atoms with van der Waals surface area (Å²) in [5.41, 5.74) is 1.87. The maximum absolute atomic E-state index is 11.9. The summed E-state index contributed by atoms with van der Waals surface area (Å²) < 4.78 is 2.35. The smallest absolute Gasteiger partial charge is 0.234 e. The van der Waals surface area contributed by atoms with E-state index in [-0.39, 0.29) is 5.91 Å². The minimum atomic E-state index is 0.0207. The van der Waals surface area contributed by atoms with Gasteiger partial charge in [-0.3, -0.25) is 4.79 Å². The average Bonchev–Trinajstić information content (AvgIpc) is 2.92. The number of rotatable bonds is 5. The van der Waals surface area contributed by atoms with Crippen LogP contribution in [-0.4, -0.2) is 16.6 Å². The van der Waals surface area contributed by atoms with Gasteiger partial charge < -0.3 is 5.32 Å². The second kappa shape index (κ2) is 7.43. The summed E-state index contributed by atoms with van der Waals surface area (Å²) in [6.07, 6.45) is 0. The number of carbonyl (C=O) groups is 1. The van der Waals surface area contributed by atoms with E-state index < -0.39 is 0 Å². The van der Waals surface area contributed by atoms with E-state index in [0.29, 0.717) is 5.75 Å². The molecule has 0 saturated carbocycles. The van der Waals surface area contributed by atoms with Gasteiger partial charge in [0.15, 0.2) is 0 Å². The van der Waals surface area contributed by atoms with E-state index in [1.54, 1.807) is 23.1 Å². The number of amides is 1. The van der Waals surface area contributed by atoms with Crippen LogP contribution in [0.3, 0.4) is 0 Å². The highest BCUT2D eigenvalue weighted by Gasteiger charge is 2.06. The SMILES string of the molecule is O=C(CSCc1nc2ccccc2s1)Nc1ccc(I)cc1. The highest BCUT2D eigenvalue weighted by Crippen LogP contribution is 2.24. The van der Waals surface area contributed by atoms with Crippen LogP contribution in [-0.2, 0) is 10.5 Å². The molecule has 3 aromatic rings. The van der Waals surface area contributed by atoms with Gasteiger partial charge in [0.25, 0.3) is 0 Å². The maximum atomic E-state index is 11.9. The number of aromatic nitrogens is 1. The normalized spacial score (nSPS) is 10.8. The number of nitrogens with one attached hydrogen (secondary N) is 1. The standard InChI is InChI=1S/C16H13IN2OS2/c17-11-5-7-12(8-6-11)18-15(20)9-21-10-16-19-13-3-1-2-4-14(13)22-16/h1-8H,9-10H2,(H,18,20). The van der Waals surface area contributed by atoms with Crippen LogP contribution in [0.25, 0.3) is 10.2 Å². The number of thiazole rings is 1. The number of para-hydroxylation sites is 1. The first-order valence-electron chi connectivity index (χ1n) is 6.68. The van der Waals surface area contributed by atoms with Gasteiger partial charge in [-0.05, 0) is 59.0 Å². The van der Waals surface area contributed by atoms with Crippen LogP contribution in [0.5, 0.6) is 0 Å². The number of hydrogen-bond acceptors (Lipinski definition) is 4. The minimum absolute atomic E-state index is 0.0207. The van der Waals surface area contributed by atoms with E-state index in [2.05, 4.69) is 39.0 Å². The van der Waals surface area contributed by atoms with Gasteiger partial charge in [0, 0.05) is 15.0 Å². The number of fused-ring (bicyclic) bond motifs is 1. The molecular weight excluding hydrogens is 427 g/mol. The zero-order valence-electron chi connectivity index (χ0n) is 11.6. The summed E-state index contributed by atoms with van der Waals surface area (Å²) in [7, 11) is 0. The lowest BCUT2D eigenvalue weighted by atomic mass is 10.3. The molecule has 6 heteroatoms. The third-order valence-corrected chi connectivity index (χ3v) is 5.81. The molecule has 0 aliphatic carbocycles. The molecule has 3 rings (SSSR count). The third kappa shape index (κ3) is 4.21. The summed E-state index contributed by atoms with van der Waals surface area (Å²) in [6, 6.07) is 15.9. The van der Waals surface area contributed by atoms with Gasteiger partial charge in [0.05, 0.1) is 16.0 Å². The predicted molar refractivity (Wildman–Crippen MR) is 104 cm³/mol. The molecule has 0 atom stereocenters. The van der Waals surface area contributed by atoms with Crippen molar-refractivity contribution in [3.63, 3.8) is 0 Å². The highest BCUT2D eigenvalue weighted by molar-refractivity contribution is 14.1. The largest absolute Gasteiger partial charge is 0.325 e. The first kappa shape index (κ1) is 15.8. The summed E-state index contributed by atoms with van der Waals surface area (Å²) in [4.78, 5) is 16.5. The number of halogens is 1. The Morgan fingerprint density at radius 2 is 1.95 bits per heavy atom. The maximum Gasteiger partial charge on any atom is 0.234 e. The Morgan fingerprint density at radius 1 is 1.18 bits per heavy atom. The van der Waals surface area contributed by atoms with E-state index in [0.717, 1.165) is 25.5 Å². The van der Waals surface area contributed by atoms with Crippen molar-refractivity contribution in [2.24, 2.45) is 0 Å². The first-order valence-corrected chi connectivity index (χ1v) is 9.73. The van der Waals surface area contributed by atoms with Crippen molar-refractivity contribution >= 4 is 67.5 Å². The summed E-state index contributed by atoms with van der Waals surface area (Å²) >= 11 is 5.52. The van der Waals surface area contributed by atoms with Crippen molar-refractivity contribution in [1.82, 2.24) is 4.98 Å². The lowest BCUT2D eigenvalue weighted by Gasteiger charge is -2.04. The van der Waals surface area contributed by atoms with Crippen molar-refractivity contribution in [3.8, 4) is 0 Å². The van der Waals surface area contributed by atoms with E-state index in [4.69, 9.17) is 0 Å². The molecule has 112 valence electrons. The molecule has 0 radical (unpaired) electrons. The Labute approximate surface area is 150 Å². The molecule has 0 saturated heterocycles. The molecule has 0 aliphatic rings. The quantitative estimate of drug-likeness (QED) is 0.581. The number of carbonyl (C=O) groups excluding carboxylic acids is 1. The minimum Gasteiger partial charge on any atom is -0.325 e. The molecular formula is C16H13IN2OS2. The second-order valence-corrected chi connectivity index (χ2v) is 7.97. The molecule has 1 aromatic heterocycles. The zero-order valence-corrected chi connectivity index (χ0v) is 15.4. The lowest BCUT2D eigenvalue weighted by Crippen LogP contribution is -2.14.